The van der Waals surface area contributed by atoms with E-state index in [-0.39, 0.29) is 12.2 Å². The van der Waals surface area contributed by atoms with Crippen LogP contribution in [0, 0.1) is 0 Å². The van der Waals surface area contributed by atoms with E-state index < -0.39 is 5.79 Å². The molecule has 0 aromatic rings. The second-order valence-electron chi connectivity index (χ2n) is 7.95. The number of ether oxygens (including phenoxy) is 6. The molecule has 0 N–H and O–H groups in total. The molecule has 0 bridgehead atoms. The molecule has 0 aromatic carbocycles. The minimum atomic E-state index is -0.767. The van der Waals surface area contributed by atoms with E-state index in [0.717, 1.165) is 78.5 Å². The zero-order chi connectivity index (χ0) is 18.4. The van der Waals surface area contributed by atoms with E-state index in [1.165, 1.54) is 0 Å². The van der Waals surface area contributed by atoms with E-state index in [4.69, 9.17) is 28.4 Å². The molecule has 4 fully saturated rings. The van der Waals surface area contributed by atoms with Gasteiger partial charge in [-0.25, -0.2) is 0 Å². The van der Waals surface area contributed by atoms with Gasteiger partial charge >= 0.3 is 0 Å². The molecular formula is C19H34N2O6. The highest BCUT2D eigenvalue weighted by molar-refractivity contribution is 4.84. The second-order valence-corrected chi connectivity index (χ2v) is 7.95. The minimum absolute atomic E-state index is 0.00536. The van der Waals surface area contributed by atoms with Crippen LogP contribution in [0.2, 0.25) is 0 Å². The fourth-order valence-corrected chi connectivity index (χ4v) is 4.29. The molecule has 0 aromatic heterocycles. The molecule has 4 rings (SSSR count). The minimum Gasteiger partial charge on any atom is -0.380 e. The summed E-state index contributed by atoms with van der Waals surface area (Å²) in [6, 6.07) is 0. The third-order valence-electron chi connectivity index (χ3n) is 5.57. The number of rotatable bonds is 4. The van der Waals surface area contributed by atoms with Crippen molar-refractivity contribution >= 4 is 0 Å². The lowest BCUT2D eigenvalue weighted by molar-refractivity contribution is -0.371. The SMILES string of the molecule is C1COCCN(C[C@@H]2COCC3(COC[C@@H](CN4CCCOCC4)O3)O2)C1. The summed E-state index contributed by atoms with van der Waals surface area (Å²) in [5.74, 6) is -0.767. The molecule has 0 unspecified atom stereocenters. The van der Waals surface area contributed by atoms with Gasteiger partial charge in [-0.2, -0.15) is 0 Å². The van der Waals surface area contributed by atoms with Gasteiger partial charge in [0.25, 0.3) is 0 Å². The zero-order valence-electron chi connectivity index (χ0n) is 16.3. The maximum atomic E-state index is 6.40. The van der Waals surface area contributed by atoms with Gasteiger partial charge in [-0.05, 0) is 12.8 Å². The summed E-state index contributed by atoms with van der Waals surface area (Å²) in [5, 5.41) is 0. The highest BCUT2D eigenvalue weighted by Crippen LogP contribution is 2.28. The summed E-state index contributed by atoms with van der Waals surface area (Å²) in [7, 11) is 0. The van der Waals surface area contributed by atoms with Gasteiger partial charge in [0.2, 0.25) is 5.79 Å². The van der Waals surface area contributed by atoms with Crippen LogP contribution in [0.1, 0.15) is 12.8 Å². The topological polar surface area (TPSA) is 61.9 Å². The molecule has 0 amide bonds. The first-order valence-corrected chi connectivity index (χ1v) is 10.4. The maximum absolute atomic E-state index is 6.40. The average Bonchev–Trinajstić information content (AvgIpc) is 3.07. The molecule has 27 heavy (non-hydrogen) atoms. The van der Waals surface area contributed by atoms with Crippen molar-refractivity contribution in [3.63, 3.8) is 0 Å². The van der Waals surface area contributed by atoms with Crippen molar-refractivity contribution in [2.45, 2.75) is 30.8 Å². The Bertz CT molecular complexity index is 398. The fourth-order valence-electron chi connectivity index (χ4n) is 4.29. The van der Waals surface area contributed by atoms with E-state index in [0.29, 0.717) is 26.4 Å². The first-order valence-electron chi connectivity index (χ1n) is 10.4. The van der Waals surface area contributed by atoms with Gasteiger partial charge in [-0.1, -0.05) is 0 Å². The Morgan fingerprint density at radius 2 is 1.15 bits per heavy atom. The summed E-state index contributed by atoms with van der Waals surface area (Å²) in [6.45, 7) is 11.1. The van der Waals surface area contributed by atoms with Gasteiger partial charge in [0.15, 0.2) is 0 Å². The van der Waals surface area contributed by atoms with Crippen molar-refractivity contribution in [2.24, 2.45) is 0 Å². The van der Waals surface area contributed by atoms with E-state index >= 15 is 0 Å². The molecule has 0 saturated carbocycles. The highest BCUT2D eigenvalue weighted by Gasteiger charge is 2.45. The van der Waals surface area contributed by atoms with E-state index in [2.05, 4.69) is 9.80 Å². The first-order chi connectivity index (χ1) is 13.3. The monoisotopic (exact) mass is 386 g/mol. The van der Waals surface area contributed by atoms with Crippen molar-refractivity contribution < 1.29 is 28.4 Å². The van der Waals surface area contributed by atoms with Gasteiger partial charge in [-0.15, -0.1) is 0 Å². The van der Waals surface area contributed by atoms with Crippen LogP contribution < -0.4 is 0 Å². The summed E-state index contributed by atoms with van der Waals surface area (Å²) in [4.78, 5) is 4.80. The third-order valence-corrected chi connectivity index (χ3v) is 5.57. The van der Waals surface area contributed by atoms with E-state index in [9.17, 15) is 0 Å². The molecular weight excluding hydrogens is 352 g/mol. The Labute approximate surface area is 161 Å². The van der Waals surface area contributed by atoms with E-state index in [1.54, 1.807) is 0 Å². The van der Waals surface area contributed by atoms with Crippen LogP contribution in [-0.2, 0) is 28.4 Å². The Morgan fingerprint density at radius 3 is 1.67 bits per heavy atom. The molecule has 8 heteroatoms. The fraction of sp³-hybridized carbons (Fsp3) is 1.00. The van der Waals surface area contributed by atoms with Crippen molar-refractivity contribution in [2.75, 3.05) is 92.1 Å². The Morgan fingerprint density at radius 1 is 0.630 bits per heavy atom. The van der Waals surface area contributed by atoms with E-state index in [1.807, 2.05) is 0 Å². The molecule has 0 radical (unpaired) electrons. The molecule has 156 valence electrons. The lowest BCUT2D eigenvalue weighted by Gasteiger charge is -2.46. The molecule has 4 aliphatic rings. The largest absolute Gasteiger partial charge is 0.380 e. The van der Waals surface area contributed by atoms with Crippen LogP contribution in [0.5, 0.6) is 0 Å². The lowest BCUT2D eigenvalue weighted by Crippen LogP contribution is -2.60. The summed E-state index contributed by atoms with van der Waals surface area (Å²) < 4.78 is 35.7. The summed E-state index contributed by atoms with van der Waals surface area (Å²) in [6.07, 6.45) is 2.15. The Hall–Kier alpha value is -0.320. The predicted molar refractivity (Wildman–Crippen MR) is 97.9 cm³/mol. The predicted octanol–water partition coefficient (Wildman–Crippen LogP) is -0.0419. The quantitative estimate of drug-likeness (QED) is 0.667. The van der Waals surface area contributed by atoms with Crippen LogP contribution in [0.3, 0.4) is 0 Å². The van der Waals surface area contributed by atoms with Crippen molar-refractivity contribution in [1.29, 1.82) is 0 Å². The van der Waals surface area contributed by atoms with Crippen molar-refractivity contribution in [3.05, 3.63) is 0 Å². The molecule has 4 heterocycles. The van der Waals surface area contributed by atoms with Crippen LogP contribution in [-0.4, -0.2) is 120 Å². The number of nitrogens with zero attached hydrogens (tertiary/aromatic N) is 2. The molecule has 1 spiro atoms. The highest BCUT2D eigenvalue weighted by atomic mass is 16.8. The van der Waals surface area contributed by atoms with Gasteiger partial charge in [0.1, 0.15) is 13.2 Å². The zero-order valence-corrected chi connectivity index (χ0v) is 16.3. The molecule has 0 aliphatic carbocycles. The van der Waals surface area contributed by atoms with Crippen molar-refractivity contribution in [3.8, 4) is 0 Å². The second kappa shape index (κ2) is 9.93. The van der Waals surface area contributed by atoms with Gasteiger partial charge in [0, 0.05) is 52.5 Å². The van der Waals surface area contributed by atoms with Crippen LogP contribution in [0.4, 0.5) is 0 Å². The van der Waals surface area contributed by atoms with Crippen LogP contribution in [0.15, 0.2) is 0 Å². The van der Waals surface area contributed by atoms with Gasteiger partial charge in [-0.3, -0.25) is 9.80 Å². The van der Waals surface area contributed by atoms with Gasteiger partial charge in [0.05, 0.1) is 38.6 Å². The molecule has 4 saturated heterocycles. The molecule has 4 aliphatic heterocycles. The molecule has 2 atom stereocenters. The standard InChI is InChI=1S/C19H34N2O6/c1-3-20(5-9-22-7-1)11-17-13-24-15-19(26-17)16-25-14-18(27-19)12-21-4-2-8-23-10-6-21/h17-18H,1-16H2/t17-,18-,19?/m1/s1. The Kier molecular flexibility index (Phi) is 7.35. The van der Waals surface area contributed by atoms with Crippen LogP contribution >= 0.6 is 0 Å². The normalized spacial score (nSPS) is 34.2. The third kappa shape index (κ3) is 5.83. The maximum Gasteiger partial charge on any atom is 0.216 e. The average molecular weight is 386 g/mol. The molecule has 8 nitrogen and oxygen atoms in total. The number of hydrogen-bond donors (Lipinski definition) is 0. The number of hydrogen-bond acceptors (Lipinski definition) is 8. The summed E-state index contributed by atoms with van der Waals surface area (Å²) >= 11 is 0. The van der Waals surface area contributed by atoms with Gasteiger partial charge < -0.3 is 28.4 Å². The van der Waals surface area contributed by atoms with Crippen LogP contribution in [0.25, 0.3) is 0 Å². The summed E-state index contributed by atoms with van der Waals surface area (Å²) in [5.41, 5.74) is 0. The smallest absolute Gasteiger partial charge is 0.216 e. The van der Waals surface area contributed by atoms with Crippen molar-refractivity contribution in [1.82, 2.24) is 9.80 Å². The Balaban J connectivity index is 1.29. The lowest BCUT2D eigenvalue weighted by atomic mass is 10.2. The first kappa shape index (κ1) is 20.0.